The van der Waals surface area contributed by atoms with Crippen LogP contribution in [0.4, 0.5) is 0 Å². The van der Waals surface area contributed by atoms with Crippen molar-refractivity contribution >= 4 is 27.5 Å². The number of hydrogen-bond donors (Lipinski definition) is 2. The van der Waals surface area contributed by atoms with Crippen LogP contribution in [0.15, 0.2) is 22.7 Å². The third kappa shape index (κ3) is 4.45. The molecule has 0 bridgehead atoms. The number of benzene rings is 1. The third-order valence-electron chi connectivity index (χ3n) is 4.39. The van der Waals surface area contributed by atoms with Crippen molar-refractivity contribution in [1.82, 2.24) is 5.32 Å². The van der Waals surface area contributed by atoms with Gasteiger partial charge in [0.25, 0.3) is 0 Å². The standard InChI is InChI=1S/C16H23BrClNO/c1-2-12-5-7-16(20,8-6-12)11-19-10-13-9-14(18)3-4-15(13)17/h3-4,9,12,19-20H,2,5-8,10-11H2,1H3. The van der Waals surface area contributed by atoms with Crippen molar-refractivity contribution in [3.8, 4) is 0 Å². The Bertz CT molecular complexity index is 444. The van der Waals surface area contributed by atoms with Crippen molar-refractivity contribution in [3.63, 3.8) is 0 Å². The predicted octanol–water partition coefficient (Wildman–Crippen LogP) is 4.52. The predicted molar refractivity (Wildman–Crippen MR) is 88.1 cm³/mol. The summed E-state index contributed by atoms with van der Waals surface area (Å²) < 4.78 is 1.05. The average Bonchev–Trinajstić information content (AvgIpc) is 2.43. The molecule has 0 heterocycles. The number of rotatable bonds is 5. The summed E-state index contributed by atoms with van der Waals surface area (Å²) in [6.45, 7) is 3.62. The minimum Gasteiger partial charge on any atom is -0.389 e. The van der Waals surface area contributed by atoms with E-state index in [2.05, 4.69) is 28.2 Å². The van der Waals surface area contributed by atoms with Crippen LogP contribution in [0.25, 0.3) is 0 Å². The van der Waals surface area contributed by atoms with Gasteiger partial charge in [0.05, 0.1) is 5.60 Å². The Hall–Kier alpha value is -0.0900. The van der Waals surface area contributed by atoms with Gasteiger partial charge in [-0.15, -0.1) is 0 Å². The molecule has 0 atom stereocenters. The molecule has 20 heavy (non-hydrogen) atoms. The maximum Gasteiger partial charge on any atom is 0.0771 e. The second-order valence-electron chi connectivity index (χ2n) is 5.92. The molecule has 0 aromatic heterocycles. The topological polar surface area (TPSA) is 32.3 Å². The van der Waals surface area contributed by atoms with E-state index < -0.39 is 5.60 Å². The van der Waals surface area contributed by atoms with Crippen molar-refractivity contribution in [2.75, 3.05) is 6.54 Å². The second kappa shape index (κ2) is 7.26. The van der Waals surface area contributed by atoms with Crippen LogP contribution in [0, 0.1) is 5.92 Å². The van der Waals surface area contributed by atoms with Crippen LogP contribution in [0.5, 0.6) is 0 Å². The molecule has 2 nitrogen and oxygen atoms in total. The van der Waals surface area contributed by atoms with Gasteiger partial charge in [0.2, 0.25) is 0 Å². The first kappa shape index (κ1) is 16.3. The summed E-state index contributed by atoms with van der Waals surface area (Å²) in [5.41, 5.74) is 0.597. The minimum absolute atomic E-state index is 0.531. The van der Waals surface area contributed by atoms with Gasteiger partial charge in [-0.2, -0.15) is 0 Å². The van der Waals surface area contributed by atoms with Crippen LogP contribution in [0.2, 0.25) is 5.02 Å². The molecule has 1 aromatic rings. The first-order valence-corrected chi connectivity index (χ1v) is 8.56. The fourth-order valence-electron chi connectivity index (χ4n) is 2.91. The molecular formula is C16H23BrClNO. The van der Waals surface area contributed by atoms with Crippen LogP contribution < -0.4 is 5.32 Å². The molecule has 0 aliphatic heterocycles. The Balaban J connectivity index is 1.82. The van der Waals surface area contributed by atoms with Gasteiger partial charge in [-0.3, -0.25) is 0 Å². The van der Waals surface area contributed by atoms with Gasteiger partial charge >= 0.3 is 0 Å². The molecule has 0 unspecified atom stereocenters. The molecular weight excluding hydrogens is 338 g/mol. The number of hydrogen-bond acceptors (Lipinski definition) is 2. The van der Waals surface area contributed by atoms with Crippen molar-refractivity contribution in [2.24, 2.45) is 5.92 Å². The Kier molecular flexibility index (Phi) is 5.91. The quantitative estimate of drug-likeness (QED) is 0.809. The largest absolute Gasteiger partial charge is 0.389 e. The Morgan fingerprint density at radius 2 is 2.10 bits per heavy atom. The number of nitrogens with one attached hydrogen (secondary N) is 1. The molecule has 0 spiro atoms. The summed E-state index contributed by atoms with van der Waals surface area (Å²) in [7, 11) is 0. The maximum atomic E-state index is 10.6. The zero-order valence-corrected chi connectivity index (χ0v) is 14.3. The lowest BCUT2D eigenvalue weighted by atomic mass is 9.78. The van der Waals surface area contributed by atoms with Gasteiger partial charge in [-0.1, -0.05) is 40.9 Å². The van der Waals surface area contributed by atoms with E-state index in [0.29, 0.717) is 6.54 Å². The van der Waals surface area contributed by atoms with E-state index in [1.807, 2.05) is 18.2 Å². The lowest BCUT2D eigenvalue weighted by molar-refractivity contribution is -0.00881. The highest BCUT2D eigenvalue weighted by atomic mass is 79.9. The summed E-state index contributed by atoms with van der Waals surface area (Å²) in [4.78, 5) is 0. The molecule has 1 aliphatic rings. The van der Waals surface area contributed by atoms with Crippen LogP contribution in [0.3, 0.4) is 0 Å². The van der Waals surface area contributed by atoms with Gasteiger partial charge in [0.1, 0.15) is 0 Å². The van der Waals surface area contributed by atoms with Crippen LogP contribution in [-0.2, 0) is 6.54 Å². The lowest BCUT2D eigenvalue weighted by Gasteiger charge is -2.36. The highest BCUT2D eigenvalue weighted by molar-refractivity contribution is 9.10. The number of aliphatic hydroxyl groups is 1. The van der Waals surface area contributed by atoms with E-state index >= 15 is 0 Å². The molecule has 2 N–H and O–H groups in total. The molecule has 4 heteroatoms. The van der Waals surface area contributed by atoms with Crippen molar-refractivity contribution in [2.45, 2.75) is 51.2 Å². The van der Waals surface area contributed by atoms with Gasteiger partial charge in [-0.25, -0.2) is 0 Å². The fourth-order valence-corrected chi connectivity index (χ4v) is 3.49. The summed E-state index contributed by atoms with van der Waals surface area (Å²) in [5, 5.41) is 14.7. The summed E-state index contributed by atoms with van der Waals surface area (Å²) in [5.74, 6) is 0.803. The first-order chi connectivity index (χ1) is 9.52. The maximum absolute atomic E-state index is 10.6. The van der Waals surface area contributed by atoms with E-state index in [0.717, 1.165) is 53.2 Å². The minimum atomic E-state index is -0.531. The van der Waals surface area contributed by atoms with Gasteiger partial charge in [-0.05, 0) is 55.4 Å². The zero-order valence-electron chi connectivity index (χ0n) is 12.0. The SMILES string of the molecule is CCC1CCC(O)(CNCc2cc(Cl)ccc2Br)CC1. The molecule has 1 aromatic carbocycles. The van der Waals surface area contributed by atoms with Gasteiger partial charge < -0.3 is 10.4 Å². The number of halogens is 2. The normalized spacial score (nSPS) is 26.7. The highest BCUT2D eigenvalue weighted by Crippen LogP contribution is 2.33. The monoisotopic (exact) mass is 359 g/mol. The Morgan fingerprint density at radius 3 is 2.75 bits per heavy atom. The smallest absolute Gasteiger partial charge is 0.0771 e. The molecule has 1 aliphatic carbocycles. The lowest BCUT2D eigenvalue weighted by Crippen LogP contribution is -2.43. The van der Waals surface area contributed by atoms with E-state index in [-0.39, 0.29) is 0 Å². The molecule has 112 valence electrons. The molecule has 0 saturated heterocycles. The summed E-state index contributed by atoms with van der Waals surface area (Å²) >= 11 is 9.53. The highest BCUT2D eigenvalue weighted by Gasteiger charge is 2.32. The van der Waals surface area contributed by atoms with Gasteiger partial charge in [0.15, 0.2) is 0 Å². The van der Waals surface area contributed by atoms with Crippen molar-refractivity contribution < 1.29 is 5.11 Å². The second-order valence-corrected chi connectivity index (χ2v) is 7.21. The van der Waals surface area contributed by atoms with E-state index in [1.165, 1.54) is 6.42 Å². The summed E-state index contributed by atoms with van der Waals surface area (Å²) in [6, 6.07) is 5.78. The molecule has 1 fully saturated rings. The van der Waals surface area contributed by atoms with Crippen LogP contribution in [-0.4, -0.2) is 17.3 Å². The fraction of sp³-hybridized carbons (Fsp3) is 0.625. The first-order valence-electron chi connectivity index (χ1n) is 7.39. The van der Waals surface area contributed by atoms with E-state index in [1.54, 1.807) is 0 Å². The zero-order chi connectivity index (χ0) is 14.6. The van der Waals surface area contributed by atoms with Gasteiger partial charge in [0, 0.05) is 22.6 Å². The van der Waals surface area contributed by atoms with Crippen LogP contribution >= 0.6 is 27.5 Å². The molecule has 1 saturated carbocycles. The van der Waals surface area contributed by atoms with Crippen LogP contribution in [0.1, 0.15) is 44.6 Å². The third-order valence-corrected chi connectivity index (χ3v) is 5.40. The van der Waals surface area contributed by atoms with E-state index in [9.17, 15) is 5.11 Å². The molecule has 2 rings (SSSR count). The molecule has 0 radical (unpaired) electrons. The Labute approximate surface area is 135 Å². The average molecular weight is 361 g/mol. The molecule has 0 amide bonds. The van der Waals surface area contributed by atoms with E-state index in [4.69, 9.17) is 11.6 Å². The van der Waals surface area contributed by atoms with Crippen molar-refractivity contribution in [3.05, 3.63) is 33.3 Å². The Morgan fingerprint density at radius 1 is 1.40 bits per heavy atom. The van der Waals surface area contributed by atoms with Crippen molar-refractivity contribution in [1.29, 1.82) is 0 Å². The summed E-state index contributed by atoms with van der Waals surface area (Å²) in [6.07, 6.45) is 5.36.